The number of phenols is 1. The fraction of sp³-hybridized carbons (Fsp3) is 0.0909. The van der Waals surface area contributed by atoms with Gasteiger partial charge in [0.1, 0.15) is 23.0 Å². The number of esters is 1. The Labute approximate surface area is 192 Å². The number of nitrogens with zero attached hydrogens (tertiary/aromatic N) is 1. The molecule has 0 atom stereocenters. The van der Waals surface area contributed by atoms with Crippen LogP contribution in [0.25, 0.3) is 11.1 Å². The molecular weight excluding hydrogens is 500 g/mol. The van der Waals surface area contributed by atoms with E-state index >= 15 is 0 Å². The highest BCUT2D eigenvalue weighted by Crippen LogP contribution is 2.38. The molecule has 4 bridgehead atoms. The molecule has 0 radical (unpaired) electrons. The zero-order valence-electron chi connectivity index (χ0n) is 16.5. The Morgan fingerprint density at radius 1 is 1.16 bits per heavy atom. The van der Waals surface area contributed by atoms with Crippen LogP contribution in [0.15, 0.2) is 57.9 Å². The molecule has 0 fully saturated rings. The van der Waals surface area contributed by atoms with Crippen molar-refractivity contribution in [1.29, 1.82) is 5.26 Å². The van der Waals surface area contributed by atoms with E-state index in [0.717, 1.165) is 6.07 Å². The van der Waals surface area contributed by atoms with Gasteiger partial charge in [0.05, 0.1) is 34.5 Å². The highest BCUT2D eigenvalue weighted by Gasteiger charge is 2.26. The van der Waals surface area contributed by atoms with E-state index in [1.54, 1.807) is 36.4 Å². The van der Waals surface area contributed by atoms with Crippen molar-refractivity contribution in [2.75, 3.05) is 11.8 Å². The summed E-state index contributed by atoms with van der Waals surface area (Å²) >= 11 is 3.09. The number of hydrogen-bond acceptors (Lipinski definition) is 7. The molecule has 0 saturated heterocycles. The first-order valence-electron chi connectivity index (χ1n) is 9.17. The average Bonchev–Trinajstić information content (AvgIpc) is 2.78. The maximum atomic E-state index is 13.1. The smallest absolute Gasteiger partial charge is 0.338 e. The van der Waals surface area contributed by atoms with Gasteiger partial charge in [-0.25, -0.2) is 13.2 Å². The third kappa shape index (κ3) is 3.88. The van der Waals surface area contributed by atoms with Crippen LogP contribution in [0.1, 0.15) is 21.5 Å². The second-order valence-electron chi connectivity index (χ2n) is 6.89. The van der Waals surface area contributed by atoms with Crippen LogP contribution in [-0.4, -0.2) is 26.6 Å². The summed E-state index contributed by atoms with van der Waals surface area (Å²) in [6.45, 7) is -0.116. The van der Waals surface area contributed by atoms with E-state index in [2.05, 4.69) is 26.7 Å². The summed E-state index contributed by atoms with van der Waals surface area (Å²) in [5.41, 5.74) is 2.22. The van der Waals surface area contributed by atoms with Gasteiger partial charge in [0, 0.05) is 0 Å². The predicted octanol–water partition coefficient (Wildman–Crippen LogP) is 4.17. The number of nitrogens with one attached hydrogen (secondary N) is 1. The minimum Gasteiger partial charge on any atom is -0.505 e. The Morgan fingerprint density at radius 2 is 1.94 bits per heavy atom. The summed E-state index contributed by atoms with van der Waals surface area (Å²) in [6, 6.07) is 14.1. The number of nitriles is 1. The van der Waals surface area contributed by atoms with E-state index in [0.29, 0.717) is 22.3 Å². The van der Waals surface area contributed by atoms with Crippen LogP contribution >= 0.6 is 15.9 Å². The lowest BCUT2D eigenvalue weighted by atomic mass is 9.97. The fourth-order valence-corrected chi connectivity index (χ4v) is 5.12. The molecular formula is C22H15BrN2O6S. The molecule has 0 saturated carbocycles. The van der Waals surface area contributed by atoms with Crippen LogP contribution in [0.4, 0.5) is 5.69 Å². The van der Waals surface area contributed by atoms with Crippen molar-refractivity contribution in [1.82, 2.24) is 0 Å². The van der Waals surface area contributed by atoms with E-state index in [9.17, 15) is 23.6 Å². The number of carbonyl (C=O) groups is 1. The number of ether oxygens (including phenoxy) is 2. The summed E-state index contributed by atoms with van der Waals surface area (Å²) in [4.78, 5) is 12.2. The predicted molar refractivity (Wildman–Crippen MR) is 119 cm³/mol. The van der Waals surface area contributed by atoms with Gasteiger partial charge in [-0.05, 0) is 69.0 Å². The third-order valence-electron chi connectivity index (χ3n) is 4.91. The monoisotopic (exact) mass is 514 g/mol. The molecule has 1 aliphatic heterocycles. The molecule has 4 rings (SSSR count). The second kappa shape index (κ2) is 8.18. The SMILES string of the molecule is COc1ccc2cc1NS(=O)(=O)c1cc(cc(Br)c1O)C(=O)OCc1ccc(C#N)cc1-2. The Bertz CT molecular complexity index is 1410. The first-order chi connectivity index (χ1) is 15.2. The van der Waals surface area contributed by atoms with Gasteiger partial charge in [0.2, 0.25) is 0 Å². The van der Waals surface area contributed by atoms with Crippen LogP contribution < -0.4 is 9.46 Å². The summed E-state index contributed by atoms with van der Waals surface area (Å²) < 4.78 is 39.4. The van der Waals surface area contributed by atoms with E-state index in [-0.39, 0.29) is 28.1 Å². The van der Waals surface area contributed by atoms with Gasteiger partial charge in [-0.3, -0.25) is 4.72 Å². The summed E-state index contributed by atoms with van der Waals surface area (Å²) in [7, 11) is -2.94. The van der Waals surface area contributed by atoms with Gasteiger partial charge in [-0.2, -0.15) is 5.26 Å². The van der Waals surface area contributed by atoms with Crippen LogP contribution in [0.5, 0.6) is 11.5 Å². The molecule has 2 N–H and O–H groups in total. The van der Waals surface area contributed by atoms with E-state index in [4.69, 9.17) is 9.47 Å². The Hall–Kier alpha value is -3.55. The lowest BCUT2D eigenvalue weighted by Crippen LogP contribution is -2.15. The number of hydrogen-bond donors (Lipinski definition) is 2. The summed E-state index contributed by atoms with van der Waals surface area (Å²) in [6.07, 6.45) is 0. The van der Waals surface area contributed by atoms with Crippen LogP contribution in [0.2, 0.25) is 0 Å². The van der Waals surface area contributed by atoms with Gasteiger partial charge in [-0.1, -0.05) is 12.1 Å². The molecule has 0 spiro atoms. The van der Waals surface area contributed by atoms with E-state index in [1.807, 2.05) is 0 Å². The molecule has 0 amide bonds. The first-order valence-corrected chi connectivity index (χ1v) is 11.4. The van der Waals surface area contributed by atoms with Crippen molar-refractivity contribution in [2.24, 2.45) is 0 Å². The number of carbonyl (C=O) groups excluding carboxylic acids is 1. The van der Waals surface area contributed by atoms with Gasteiger partial charge < -0.3 is 14.6 Å². The molecule has 3 aromatic rings. The van der Waals surface area contributed by atoms with Gasteiger partial charge >= 0.3 is 5.97 Å². The van der Waals surface area contributed by atoms with E-state index in [1.165, 1.54) is 13.2 Å². The highest BCUT2D eigenvalue weighted by molar-refractivity contribution is 9.10. The van der Waals surface area contributed by atoms with Crippen molar-refractivity contribution in [2.45, 2.75) is 11.5 Å². The molecule has 0 unspecified atom stereocenters. The Kier molecular flexibility index (Phi) is 5.54. The van der Waals surface area contributed by atoms with Crippen molar-refractivity contribution < 1.29 is 27.8 Å². The molecule has 0 aliphatic carbocycles. The number of fused-ring (bicyclic) bond motifs is 6. The molecule has 162 valence electrons. The molecule has 1 heterocycles. The highest BCUT2D eigenvalue weighted by atomic mass is 79.9. The van der Waals surface area contributed by atoms with Crippen molar-refractivity contribution in [3.63, 3.8) is 0 Å². The van der Waals surface area contributed by atoms with Gasteiger partial charge in [0.25, 0.3) is 10.0 Å². The molecule has 8 nitrogen and oxygen atoms in total. The number of sulfonamides is 1. The van der Waals surface area contributed by atoms with Crippen molar-refractivity contribution in [3.8, 4) is 28.7 Å². The summed E-state index contributed by atoms with van der Waals surface area (Å²) in [5.74, 6) is -1.09. The lowest BCUT2D eigenvalue weighted by molar-refractivity contribution is 0.0473. The van der Waals surface area contributed by atoms with Crippen LogP contribution in [-0.2, 0) is 21.4 Å². The molecule has 0 aromatic heterocycles. The largest absolute Gasteiger partial charge is 0.505 e. The van der Waals surface area contributed by atoms with Gasteiger partial charge in [0.15, 0.2) is 0 Å². The normalized spacial score (nSPS) is 14.3. The maximum Gasteiger partial charge on any atom is 0.338 e. The topological polar surface area (TPSA) is 126 Å². The maximum absolute atomic E-state index is 13.1. The van der Waals surface area contributed by atoms with Crippen molar-refractivity contribution >= 4 is 37.6 Å². The average molecular weight is 515 g/mol. The van der Waals surface area contributed by atoms with Gasteiger partial charge in [-0.15, -0.1) is 0 Å². The molecule has 10 heteroatoms. The number of aromatic hydroxyl groups is 1. The Morgan fingerprint density at radius 3 is 2.66 bits per heavy atom. The minimum absolute atomic E-state index is 0.0157. The lowest BCUT2D eigenvalue weighted by Gasteiger charge is -2.15. The molecule has 32 heavy (non-hydrogen) atoms. The number of phenolic OH excluding ortho intramolecular Hbond substituents is 1. The zero-order valence-corrected chi connectivity index (χ0v) is 19.0. The standard InChI is InChI=1S/C22H15BrN2O6S/c1-30-19-5-4-13-8-18(19)25-32(28,29)20-9-15(7-17(23)21(20)26)22(27)31-11-14-3-2-12(10-24)6-16(13)14/h2-9,25-26H,11H2,1H3. The van der Waals surface area contributed by atoms with Crippen LogP contribution in [0.3, 0.4) is 0 Å². The Balaban J connectivity index is 2.01. The quantitative estimate of drug-likeness (QED) is 0.466. The molecule has 3 aromatic carbocycles. The van der Waals surface area contributed by atoms with Crippen LogP contribution in [0, 0.1) is 11.3 Å². The fourth-order valence-electron chi connectivity index (χ4n) is 3.32. The minimum atomic E-state index is -4.33. The van der Waals surface area contributed by atoms with E-state index < -0.39 is 26.6 Å². The summed E-state index contributed by atoms with van der Waals surface area (Å²) in [5, 5.41) is 19.7. The molecule has 1 aliphatic rings. The zero-order chi connectivity index (χ0) is 23.0. The number of rotatable bonds is 1. The number of halogens is 1. The number of anilines is 1. The number of benzene rings is 3. The third-order valence-corrected chi connectivity index (χ3v) is 6.89. The number of cyclic esters (lactones) is 1. The second-order valence-corrected chi connectivity index (χ2v) is 9.39. The first kappa shape index (κ1) is 21.7. The number of methoxy groups -OCH3 is 1. The van der Waals surface area contributed by atoms with Crippen molar-refractivity contribution in [3.05, 3.63) is 69.7 Å².